The van der Waals surface area contributed by atoms with Crippen molar-refractivity contribution in [3.05, 3.63) is 88.0 Å². The Bertz CT molecular complexity index is 1510. The zero-order chi connectivity index (χ0) is 26.4. The van der Waals surface area contributed by atoms with Gasteiger partial charge < -0.3 is 14.6 Å². The summed E-state index contributed by atoms with van der Waals surface area (Å²) in [7, 11) is 1.51. The maximum Gasteiger partial charge on any atom is 0.256 e. The molecule has 1 aromatic carbocycles. The van der Waals surface area contributed by atoms with E-state index in [9.17, 15) is 14.7 Å². The van der Waals surface area contributed by atoms with Crippen molar-refractivity contribution in [1.82, 2.24) is 19.4 Å². The van der Waals surface area contributed by atoms with Gasteiger partial charge in [0.2, 0.25) is 0 Å². The number of hydrogen-bond donors (Lipinski definition) is 0. The number of aromatic nitrogens is 4. The average molecular weight is 518 g/mol. The summed E-state index contributed by atoms with van der Waals surface area (Å²) in [5, 5.41) is 20.6. The van der Waals surface area contributed by atoms with Crippen LogP contribution in [0.3, 0.4) is 0 Å². The lowest BCUT2D eigenvalue weighted by Crippen LogP contribution is -2.28. The van der Waals surface area contributed by atoms with Crippen molar-refractivity contribution in [2.45, 2.75) is 45.6 Å². The molecule has 0 spiro atoms. The quantitative estimate of drug-likeness (QED) is 0.204. The van der Waals surface area contributed by atoms with Gasteiger partial charge in [0.25, 0.3) is 5.56 Å². The summed E-state index contributed by atoms with van der Waals surface area (Å²) in [5.74, 6) is -1.02. The average Bonchev–Trinajstić information content (AvgIpc) is 3.51. The fraction of sp³-hybridized carbons (Fsp3) is 0.286. The van der Waals surface area contributed by atoms with E-state index in [2.05, 4.69) is 23.8 Å². The minimum atomic E-state index is -1.46. The van der Waals surface area contributed by atoms with E-state index in [1.165, 1.54) is 13.2 Å². The molecule has 0 bridgehead atoms. The van der Waals surface area contributed by atoms with Gasteiger partial charge in [-0.1, -0.05) is 80.5 Å². The Morgan fingerprint density at radius 3 is 2.81 bits per heavy atom. The van der Waals surface area contributed by atoms with Gasteiger partial charge in [0.15, 0.2) is 5.75 Å². The fourth-order valence-corrected chi connectivity index (χ4v) is 5.54. The molecule has 3 aromatic heterocycles. The number of fused-ring (bicyclic) bond motifs is 1. The van der Waals surface area contributed by atoms with Crippen molar-refractivity contribution in [3.8, 4) is 16.3 Å². The molecule has 0 saturated heterocycles. The molecule has 37 heavy (non-hydrogen) atoms. The number of benzene rings is 1. The number of aromatic carboxylic acids is 1. The molecule has 4 aromatic rings. The summed E-state index contributed by atoms with van der Waals surface area (Å²) >= 11 is 1.13. The van der Waals surface area contributed by atoms with E-state index in [1.54, 1.807) is 17.0 Å². The standard InChI is InChI=1S/C28H30N4O4S/c1-4-6-8-9-14-31-18-22(29-30-31)26-24(28(34)35)32-23(33)17-21(25(36-3)27(32)37-26)16-20-13-10-12-19(15-20)11-7-5-2/h5,7,10-13,15,17-18H,2,4,6,8-9,14,16H2,1,3H3,(H,34,35)/p-1/b11-7-. The monoisotopic (exact) mass is 517 g/mol. The van der Waals surface area contributed by atoms with Crippen molar-refractivity contribution in [3.63, 3.8) is 0 Å². The Morgan fingerprint density at radius 2 is 2.08 bits per heavy atom. The number of ether oxygens (including phenoxy) is 1. The SMILES string of the molecule is C=C/C=C\c1cccc(Cc2cc(=O)n3c(C(=O)[O-])c(-c4cn(CCCCCC)nn4)sc3c2OC)c1. The third kappa shape index (κ3) is 5.72. The van der Waals surface area contributed by atoms with Gasteiger partial charge in [-0.3, -0.25) is 13.9 Å². The summed E-state index contributed by atoms with van der Waals surface area (Å²) in [6, 6.07) is 9.34. The summed E-state index contributed by atoms with van der Waals surface area (Å²) in [5.41, 5.74) is 2.31. The Labute approximate surface area is 219 Å². The fourth-order valence-electron chi connectivity index (χ4n) is 4.29. The molecule has 192 valence electrons. The summed E-state index contributed by atoms with van der Waals surface area (Å²) in [6.07, 6.45) is 12.0. The number of unbranched alkanes of at least 4 members (excludes halogenated alkanes) is 3. The first kappa shape index (κ1) is 26.1. The first-order chi connectivity index (χ1) is 18.0. The van der Waals surface area contributed by atoms with Crippen LogP contribution in [0, 0.1) is 0 Å². The highest BCUT2D eigenvalue weighted by molar-refractivity contribution is 7.21. The second-order valence-electron chi connectivity index (χ2n) is 8.69. The topological polar surface area (TPSA) is 102 Å². The van der Waals surface area contributed by atoms with Crippen LogP contribution in [0.4, 0.5) is 0 Å². The van der Waals surface area contributed by atoms with Gasteiger partial charge in [0.05, 0.1) is 29.8 Å². The Hall–Kier alpha value is -3.98. The van der Waals surface area contributed by atoms with Crippen molar-refractivity contribution < 1.29 is 14.6 Å². The van der Waals surface area contributed by atoms with Crippen LogP contribution < -0.4 is 15.4 Å². The predicted molar refractivity (Wildman–Crippen MR) is 144 cm³/mol. The minimum absolute atomic E-state index is 0.246. The number of carbonyl (C=O) groups is 1. The molecular weight excluding hydrogens is 488 g/mol. The minimum Gasteiger partial charge on any atom is -0.543 e. The second-order valence-corrected chi connectivity index (χ2v) is 9.69. The summed E-state index contributed by atoms with van der Waals surface area (Å²) in [6.45, 7) is 6.53. The van der Waals surface area contributed by atoms with Crippen molar-refractivity contribution >= 4 is 28.2 Å². The molecule has 8 nitrogen and oxygen atoms in total. The zero-order valence-electron chi connectivity index (χ0n) is 21.0. The Balaban J connectivity index is 1.76. The molecule has 0 atom stereocenters. The van der Waals surface area contributed by atoms with Gasteiger partial charge in [0, 0.05) is 24.6 Å². The molecule has 0 unspecified atom stereocenters. The van der Waals surface area contributed by atoms with Crippen molar-refractivity contribution in [1.29, 1.82) is 0 Å². The predicted octanol–water partition coefficient (Wildman–Crippen LogP) is 4.36. The highest BCUT2D eigenvalue weighted by atomic mass is 32.1. The number of methoxy groups -OCH3 is 1. The van der Waals surface area contributed by atoms with E-state index in [0.29, 0.717) is 39.7 Å². The highest BCUT2D eigenvalue weighted by Crippen LogP contribution is 2.37. The van der Waals surface area contributed by atoms with Gasteiger partial charge in [-0.25, -0.2) is 0 Å². The molecule has 0 fully saturated rings. The van der Waals surface area contributed by atoms with Crippen LogP contribution in [0.2, 0.25) is 0 Å². The first-order valence-electron chi connectivity index (χ1n) is 12.2. The lowest BCUT2D eigenvalue weighted by molar-refractivity contribution is -0.255. The first-order valence-corrected chi connectivity index (χ1v) is 13.0. The number of pyridine rings is 1. The molecule has 9 heteroatoms. The number of nitrogens with zero attached hydrogens (tertiary/aromatic N) is 4. The van der Waals surface area contributed by atoms with Crippen LogP contribution in [0.1, 0.15) is 59.8 Å². The van der Waals surface area contributed by atoms with E-state index in [-0.39, 0.29) is 5.69 Å². The maximum absolute atomic E-state index is 13.2. The third-order valence-corrected chi connectivity index (χ3v) is 7.19. The second kappa shape index (κ2) is 11.8. The van der Waals surface area contributed by atoms with Gasteiger partial charge in [0.1, 0.15) is 10.5 Å². The maximum atomic E-state index is 13.2. The van der Waals surface area contributed by atoms with E-state index in [4.69, 9.17) is 4.74 Å². The van der Waals surface area contributed by atoms with Crippen LogP contribution in [0.15, 0.2) is 60.1 Å². The molecule has 0 amide bonds. The van der Waals surface area contributed by atoms with Crippen LogP contribution in [-0.2, 0) is 13.0 Å². The van der Waals surface area contributed by atoms with E-state index < -0.39 is 11.5 Å². The summed E-state index contributed by atoms with van der Waals surface area (Å²) < 4.78 is 8.56. The molecule has 0 aliphatic carbocycles. The van der Waals surface area contributed by atoms with Crippen LogP contribution in [0.5, 0.6) is 5.75 Å². The molecule has 0 N–H and O–H groups in total. The lowest BCUT2D eigenvalue weighted by Gasteiger charge is -2.11. The van der Waals surface area contributed by atoms with Crippen LogP contribution in [0.25, 0.3) is 21.5 Å². The molecular formula is C28H29N4O4S-. The van der Waals surface area contributed by atoms with Gasteiger partial charge in [-0.05, 0) is 17.5 Å². The van der Waals surface area contributed by atoms with Crippen molar-refractivity contribution in [2.75, 3.05) is 7.11 Å². The van der Waals surface area contributed by atoms with Crippen LogP contribution >= 0.6 is 11.3 Å². The van der Waals surface area contributed by atoms with Crippen molar-refractivity contribution in [2.24, 2.45) is 0 Å². The van der Waals surface area contributed by atoms with E-state index in [1.807, 2.05) is 36.4 Å². The molecule has 0 radical (unpaired) electrons. The normalized spacial score (nSPS) is 11.4. The Morgan fingerprint density at radius 1 is 1.24 bits per heavy atom. The van der Waals surface area contributed by atoms with Gasteiger partial charge in [-0.2, -0.15) is 0 Å². The van der Waals surface area contributed by atoms with E-state index >= 15 is 0 Å². The Kier molecular flexibility index (Phi) is 8.35. The number of carbonyl (C=O) groups excluding carboxylic acids is 1. The third-order valence-electron chi connectivity index (χ3n) is 6.02. The number of carboxylic acids is 1. The number of thiazole rings is 1. The summed E-state index contributed by atoms with van der Waals surface area (Å²) in [4.78, 5) is 26.1. The lowest BCUT2D eigenvalue weighted by atomic mass is 10.0. The molecule has 3 heterocycles. The van der Waals surface area contributed by atoms with Gasteiger partial charge in [-0.15, -0.1) is 16.4 Å². The number of rotatable bonds is 12. The highest BCUT2D eigenvalue weighted by Gasteiger charge is 2.23. The van der Waals surface area contributed by atoms with E-state index in [0.717, 1.165) is 52.5 Å². The number of allylic oxidation sites excluding steroid dienone is 2. The largest absolute Gasteiger partial charge is 0.543 e. The zero-order valence-corrected chi connectivity index (χ0v) is 21.8. The number of aryl methyl sites for hydroxylation is 1. The van der Waals surface area contributed by atoms with Crippen LogP contribution in [-0.4, -0.2) is 32.5 Å². The van der Waals surface area contributed by atoms with Gasteiger partial charge >= 0.3 is 0 Å². The number of hydrogen-bond acceptors (Lipinski definition) is 7. The number of carboxylic acid groups (broad SMARTS) is 1. The molecule has 0 aliphatic heterocycles. The molecule has 0 saturated carbocycles. The molecule has 4 rings (SSSR count). The molecule has 0 aliphatic rings. The smallest absolute Gasteiger partial charge is 0.256 e.